The normalized spacial score (nSPS) is 19.1. The standard InChI is InChI=1S/C24H33F3N4O5/c1-4-36-22(34)31-13-11-30(12-14-31)21(33)18-6-5-16(2)28-20(18)17-7-9-29(10-8-17)19(32)15-23(3,35)24(25,26)27/h5-6,17,35H,4,7-15H2,1-3H3. The maximum atomic E-state index is 13.4. The lowest BCUT2D eigenvalue weighted by Crippen LogP contribution is -2.51. The SMILES string of the molecule is CCOC(=O)N1CCN(C(=O)c2ccc(C)nc2C2CCN(C(=O)CC(C)(O)C(F)(F)F)CC2)CC1. The van der Waals surface area contributed by atoms with Crippen molar-refractivity contribution in [2.24, 2.45) is 0 Å². The van der Waals surface area contributed by atoms with Crippen LogP contribution in [0.1, 0.15) is 60.8 Å². The summed E-state index contributed by atoms with van der Waals surface area (Å²) in [5, 5.41) is 9.65. The van der Waals surface area contributed by atoms with E-state index in [1.165, 1.54) is 4.90 Å². The van der Waals surface area contributed by atoms with E-state index >= 15 is 0 Å². The van der Waals surface area contributed by atoms with Gasteiger partial charge in [0.15, 0.2) is 5.60 Å². The molecule has 0 saturated carbocycles. The molecule has 0 radical (unpaired) electrons. The number of rotatable bonds is 5. The summed E-state index contributed by atoms with van der Waals surface area (Å²) in [5.41, 5.74) is -1.29. The van der Waals surface area contributed by atoms with E-state index in [0.717, 1.165) is 5.69 Å². The Morgan fingerprint density at radius 2 is 1.61 bits per heavy atom. The summed E-state index contributed by atoms with van der Waals surface area (Å²) in [4.78, 5) is 46.9. The van der Waals surface area contributed by atoms with Crippen LogP contribution in [0.15, 0.2) is 12.1 Å². The Morgan fingerprint density at radius 1 is 1.03 bits per heavy atom. The molecule has 1 N–H and O–H groups in total. The van der Waals surface area contributed by atoms with Gasteiger partial charge in [0.25, 0.3) is 5.91 Å². The second kappa shape index (κ2) is 11.0. The van der Waals surface area contributed by atoms with Crippen LogP contribution in [-0.4, -0.2) is 100 Å². The van der Waals surface area contributed by atoms with Crippen molar-refractivity contribution in [3.8, 4) is 0 Å². The number of aliphatic hydroxyl groups is 1. The van der Waals surface area contributed by atoms with Crippen molar-refractivity contribution >= 4 is 17.9 Å². The van der Waals surface area contributed by atoms with Crippen LogP contribution in [0.3, 0.4) is 0 Å². The highest BCUT2D eigenvalue weighted by molar-refractivity contribution is 5.95. The summed E-state index contributed by atoms with van der Waals surface area (Å²) in [7, 11) is 0. The fourth-order valence-electron chi connectivity index (χ4n) is 4.45. The van der Waals surface area contributed by atoms with Gasteiger partial charge in [0.1, 0.15) is 0 Å². The number of nitrogens with zero attached hydrogens (tertiary/aromatic N) is 4. The van der Waals surface area contributed by atoms with Crippen molar-refractivity contribution in [3.05, 3.63) is 29.1 Å². The summed E-state index contributed by atoms with van der Waals surface area (Å²) in [6, 6.07) is 3.49. The molecule has 1 atom stereocenters. The molecular formula is C24H33F3N4O5. The number of hydrogen-bond donors (Lipinski definition) is 1. The van der Waals surface area contributed by atoms with Crippen molar-refractivity contribution in [2.45, 2.75) is 57.7 Å². The molecule has 36 heavy (non-hydrogen) atoms. The van der Waals surface area contributed by atoms with Gasteiger partial charge in [-0.25, -0.2) is 4.79 Å². The second-order valence-electron chi connectivity index (χ2n) is 9.47. The zero-order valence-corrected chi connectivity index (χ0v) is 20.8. The fourth-order valence-corrected chi connectivity index (χ4v) is 4.45. The maximum Gasteiger partial charge on any atom is 0.417 e. The van der Waals surface area contributed by atoms with Gasteiger partial charge in [-0.05, 0) is 45.7 Å². The summed E-state index contributed by atoms with van der Waals surface area (Å²) < 4.78 is 43.9. The Balaban J connectivity index is 1.65. The molecule has 0 bridgehead atoms. The minimum absolute atomic E-state index is 0.142. The van der Waals surface area contributed by atoms with Crippen LogP contribution in [0.2, 0.25) is 0 Å². The zero-order chi connectivity index (χ0) is 26.7. The molecule has 2 fully saturated rings. The van der Waals surface area contributed by atoms with Gasteiger partial charge in [-0.2, -0.15) is 13.2 Å². The van der Waals surface area contributed by atoms with Crippen LogP contribution >= 0.6 is 0 Å². The van der Waals surface area contributed by atoms with Crippen molar-refractivity contribution in [3.63, 3.8) is 0 Å². The molecule has 3 rings (SSSR count). The minimum atomic E-state index is -4.90. The van der Waals surface area contributed by atoms with E-state index in [4.69, 9.17) is 4.74 Å². The molecule has 12 heteroatoms. The molecule has 1 aromatic heterocycles. The van der Waals surface area contributed by atoms with Gasteiger partial charge >= 0.3 is 12.3 Å². The highest BCUT2D eigenvalue weighted by Gasteiger charge is 2.51. The van der Waals surface area contributed by atoms with Gasteiger partial charge in [-0.1, -0.05) is 0 Å². The molecule has 200 valence electrons. The Morgan fingerprint density at radius 3 is 2.17 bits per heavy atom. The fraction of sp³-hybridized carbons (Fsp3) is 0.667. The van der Waals surface area contributed by atoms with E-state index in [9.17, 15) is 32.7 Å². The highest BCUT2D eigenvalue weighted by atomic mass is 19.4. The van der Waals surface area contributed by atoms with E-state index in [1.807, 2.05) is 6.92 Å². The second-order valence-corrected chi connectivity index (χ2v) is 9.47. The van der Waals surface area contributed by atoms with Crippen LogP contribution in [-0.2, 0) is 9.53 Å². The molecule has 3 heterocycles. The van der Waals surface area contributed by atoms with E-state index < -0.39 is 30.2 Å². The average molecular weight is 515 g/mol. The van der Waals surface area contributed by atoms with Gasteiger partial charge in [0.2, 0.25) is 5.91 Å². The van der Waals surface area contributed by atoms with Gasteiger partial charge in [-0.15, -0.1) is 0 Å². The largest absolute Gasteiger partial charge is 0.450 e. The van der Waals surface area contributed by atoms with E-state index in [1.54, 1.807) is 28.9 Å². The third-order valence-corrected chi connectivity index (χ3v) is 6.73. The number of piperazine rings is 1. The first kappa shape index (κ1) is 27.7. The smallest absolute Gasteiger partial charge is 0.417 e. The van der Waals surface area contributed by atoms with Crippen molar-refractivity contribution < 1.29 is 37.4 Å². The number of pyridine rings is 1. The third kappa shape index (κ3) is 6.26. The van der Waals surface area contributed by atoms with Gasteiger partial charge in [-0.3, -0.25) is 14.6 Å². The van der Waals surface area contributed by atoms with Gasteiger partial charge < -0.3 is 24.5 Å². The molecule has 2 aliphatic heterocycles. The van der Waals surface area contributed by atoms with Gasteiger partial charge in [0, 0.05) is 50.9 Å². The molecule has 3 amide bonds. The van der Waals surface area contributed by atoms with Gasteiger partial charge in [0.05, 0.1) is 24.3 Å². The van der Waals surface area contributed by atoms with E-state index in [0.29, 0.717) is 57.2 Å². The zero-order valence-electron chi connectivity index (χ0n) is 20.8. The average Bonchev–Trinajstić information content (AvgIpc) is 2.83. The lowest BCUT2D eigenvalue weighted by Gasteiger charge is -2.36. The molecule has 2 aliphatic rings. The molecule has 0 spiro atoms. The predicted octanol–water partition coefficient (Wildman–Crippen LogP) is 2.71. The summed E-state index contributed by atoms with van der Waals surface area (Å²) in [5.74, 6) is -1.10. The number of amides is 3. The topological polar surface area (TPSA) is 103 Å². The Labute approximate surface area is 208 Å². The summed E-state index contributed by atoms with van der Waals surface area (Å²) in [6.07, 6.45) is -5.46. The van der Waals surface area contributed by atoms with Crippen LogP contribution in [0, 0.1) is 6.92 Å². The summed E-state index contributed by atoms with van der Waals surface area (Å²) in [6.45, 7) is 6.28. The first-order valence-corrected chi connectivity index (χ1v) is 12.1. The van der Waals surface area contributed by atoms with Crippen LogP contribution in [0.25, 0.3) is 0 Å². The number of likely N-dealkylation sites (tertiary alicyclic amines) is 1. The Kier molecular flexibility index (Phi) is 8.48. The molecule has 2 saturated heterocycles. The van der Waals surface area contributed by atoms with Crippen LogP contribution < -0.4 is 0 Å². The number of carbonyl (C=O) groups is 3. The van der Waals surface area contributed by atoms with Crippen LogP contribution in [0.4, 0.5) is 18.0 Å². The van der Waals surface area contributed by atoms with Crippen molar-refractivity contribution in [2.75, 3.05) is 45.9 Å². The molecule has 9 nitrogen and oxygen atoms in total. The Bertz CT molecular complexity index is 969. The monoisotopic (exact) mass is 514 g/mol. The minimum Gasteiger partial charge on any atom is -0.450 e. The molecule has 0 aliphatic carbocycles. The molecule has 0 aromatic carbocycles. The number of ether oxygens (including phenoxy) is 1. The summed E-state index contributed by atoms with van der Waals surface area (Å²) >= 11 is 0. The number of aryl methyl sites for hydroxylation is 1. The lowest BCUT2D eigenvalue weighted by atomic mass is 9.89. The highest BCUT2D eigenvalue weighted by Crippen LogP contribution is 2.35. The van der Waals surface area contributed by atoms with E-state index in [-0.39, 0.29) is 31.5 Å². The van der Waals surface area contributed by atoms with E-state index in [2.05, 4.69) is 4.98 Å². The Hall–Kier alpha value is -2.89. The quantitative estimate of drug-likeness (QED) is 0.648. The van der Waals surface area contributed by atoms with Crippen LogP contribution in [0.5, 0.6) is 0 Å². The predicted molar refractivity (Wildman–Crippen MR) is 123 cm³/mol. The first-order valence-electron chi connectivity index (χ1n) is 12.1. The number of aromatic nitrogens is 1. The lowest BCUT2D eigenvalue weighted by molar-refractivity contribution is -0.254. The molecule has 1 aromatic rings. The number of hydrogen-bond acceptors (Lipinski definition) is 6. The number of alkyl halides is 3. The number of halogens is 3. The van der Waals surface area contributed by atoms with Crippen molar-refractivity contribution in [1.82, 2.24) is 19.7 Å². The number of carbonyl (C=O) groups excluding carboxylic acids is 3. The molecular weight excluding hydrogens is 481 g/mol. The first-order chi connectivity index (χ1) is 16.8. The molecule has 1 unspecified atom stereocenters. The number of piperidine rings is 1. The van der Waals surface area contributed by atoms with Crippen molar-refractivity contribution in [1.29, 1.82) is 0 Å². The maximum absolute atomic E-state index is 13.4. The third-order valence-electron chi connectivity index (χ3n) is 6.73.